The van der Waals surface area contributed by atoms with E-state index < -0.39 is 36.6 Å². The van der Waals surface area contributed by atoms with Gasteiger partial charge in [0.25, 0.3) is 0 Å². The molecule has 8 heteroatoms. The monoisotopic (exact) mass is 492 g/mol. The van der Waals surface area contributed by atoms with Crippen molar-refractivity contribution in [2.45, 2.75) is 77.8 Å². The van der Waals surface area contributed by atoms with E-state index in [1.54, 1.807) is 14.2 Å². The Morgan fingerprint density at radius 2 is 0.806 bits per heavy atom. The first-order chi connectivity index (χ1) is 16.7. The van der Waals surface area contributed by atoms with Crippen molar-refractivity contribution in [3.8, 4) is 11.5 Å². The van der Waals surface area contributed by atoms with Crippen LogP contribution in [0.1, 0.15) is 66.5 Å². The highest BCUT2D eigenvalue weighted by molar-refractivity contribution is 6.82. The van der Waals surface area contributed by atoms with Gasteiger partial charge in [-0.15, -0.1) is 0 Å². The van der Waals surface area contributed by atoms with Crippen molar-refractivity contribution in [1.82, 2.24) is 0 Å². The Morgan fingerprint density at radius 1 is 0.528 bits per heavy atom. The molecule has 0 saturated carbocycles. The Labute approximate surface area is 216 Å². The van der Waals surface area contributed by atoms with Crippen LogP contribution in [-0.4, -0.2) is 50.9 Å². The molecular weight excluding hydrogens is 454 g/mol. The van der Waals surface area contributed by atoms with Crippen LogP contribution < -0.4 is 9.47 Å². The van der Waals surface area contributed by atoms with Crippen molar-refractivity contribution in [2.75, 3.05) is 14.2 Å². The largest absolute Gasteiger partial charge is 0.496 e. The molecule has 0 atom stereocenters. The predicted molar refractivity (Wildman–Crippen MR) is 145 cm³/mol. The van der Waals surface area contributed by atoms with Gasteiger partial charge in [-0.25, -0.2) is 0 Å². The van der Waals surface area contributed by atoms with E-state index in [4.69, 9.17) is 28.1 Å². The molecule has 6 nitrogen and oxygen atoms in total. The summed E-state index contributed by atoms with van der Waals surface area (Å²) < 4.78 is 38.2. The number of ether oxygens (including phenoxy) is 2. The normalized spacial score (nSPS) is 22.4. The van der Waals surface area contributed by atoms with Crippen LogP contribution >= 0.6 is 0 Å². The summed E-state index contributed by atoms with van der Waals surface area (Å²) in [7, 11) is 1.92. The Hall–Kier alpha value is -2.25. The van der Waals surface area contributed by atoms with Crippen molar-refractivity contribution in [3.05, 3.63) is 59.7 Å². The van der Waals surface area contributed by atoms with E-state index in [1.165, 1.54) is 0 Å². The zero-order chi connectivity index (χ0) is 26.5. The van der Waals surface area contributed by atoms with E-state index in [-0.39, 0.29) is 0 Å². The molecule has 0 N–H and O–H groups in total. The number of para-hydroxylation sites is 2. The maximum atomic E-state index is 6.63. The summed E-state index contributed by atoms with van der Waals surface area (Å²) in [5.74, 6) is 1.40. The first-order valence-electron chi connectivity index (χ1n) is 12.5. The molecule has 2 aliphatic rings. The molecule has 36 heavy (non-hydrogen) atoms. The second kappa shape index (κ2) is 9.25. The molecule has 0 unspecified atom stereocenters. The van der Waals surface area contributed by atoms with Gasteiger partial charge in [0.2, 0.25) is 0 Å². The first-order valence-corrected chi connectivity index (χ1v) is 12.5. The van der Waals surface area contributed by atoms with Crippen molar-refractivity contribution in [1.29, 1.82) is 0 Å². The van der Waals surface area contributed by atoms with Crippen molar-refractivity contribution < 1.29 is 28.1 Å². The number of hydrogen-bond acceptors (Lipinski definition) is 6. The minimum atomic E-state index is -0.703. The minimum absolute atomic E-state index is 0.549. The van der Waals surface area contributed by atoms with Crippen molar-refractivity contribution in [3.63, 3.8) is 0 Å². The molecule has 2 aromatic rings. The lowest BCUT2D eigenvalue weighted by atomic mass is 9.60. The van der Waals surface area contributed by atoms with Crippen LogP contribution in [0.25, 0.3) is 10.9 Å². The standard InChI is InChI=1S/C28H38B2O6/c1-25(2)26(3,4)34-29(33-25)23(19-15-11-13-17-21(19)31-9)24(20-16-12-14-18-22(20)32-10)30-35-27(5,6)28(7,8)36-30/h11-18H,1-10H3/b24-23+. The molecule has 2 aromatic carbocycles. The lowest BCUT2D eigenvalue weighted by Gasteiger charge is -2.32. The SMILES string of the molecule is COc1ccccc1/C(B1OC(C)(C)C(C)(C)O1)=C(\B1OC(C)(C)C(C)(C)O1)c1ccccc1OC. The van der Waals surface area contributed by atoms with Crippen LogP contribution in [0.3, 0.4) is 0 Å². The topological polar surface area (TPSA) is 55.4 Å². The fourth-order valence-electron chi connectivity index (χ4n) is 4.45. The van der Waals surface area contributed by atoms with Gasteiger partial charge < -0.3 is 28.1 Å². The third-order valence-corrected chi connectivity index (χ3v) is 8.06. The third kappa shape index (κ3) is 4.49. The fourth-order valence-corrected chi connectivity index (χ4v) is 4.45. The molecule has 4 rings (SSSR count). The average Bonchev–Trinajstić information content (AvgIpc) is 3.16. The summed E-state index contributed by atoms with van der Waals surface area (Å²) in [6, 6.07) is 15.7. The highest BCUT2D eigenvalue weighted by Gasteiger charge is 2.57. The number of methoxy groups -OCH3 is 2. The highest BCUT2D eigenvalue weighted by Crippen LogP contribution is 2.49. The summed E-state index contributed by atoms with van der Waals surface area (Å²) in [4.78, 5) is 0. The molecule has 0 radical (unpaired) electrons. The summed E-state index contributed by atoms with van der Waals surface area (Å²) in [6.07, 6.45) is 0. The van der Waals surface area contributed by atoms with Gasteiger partial charge in [-0.05, 0) is 78.5 Å². The molecule has 2 heterocycles. The second-order valence-electron chi connectivity index (χ2n) is 11.4. The first kappa shape index (κ1) is 26.8. The summed E-state index contributed by atoms with van der Waals surface area (Å²) in [5, 5.41) is 0. The number of hydrogen-bond donors (Lipinski definition) is 0. The third-order valence-electron chi connectivity index (χ3n) is 8.06. The Kier molecular flexibility index (Phi) is 6.88. The smallest absolute Gasteiger partial charge is 0.495 e. The van der Waals surface area contributed by atoms with Gasteiger partial charge in [0.15, 0.2) is 0 Å². The summed E-state index contributed by atoms with van der Waals surface area (Å²) in [6.45, 7) is 16.4. The molecule has 0 bridgehead atoms. The molecule has 2 fully saturated rings. The molecule has 0 spiro atoms. The van der Waals surface area contributed by atoms with Gasteiger partial charge in [-0.1, -0.05) is 36.4 Å². The van der Waals surface area contributed by atoms with Crippen molar-refractivity contribution >= 4 is 25.2 Å². The van der Waals surface area contributed by atoms with Gasteiger partial charge in [0.1, 0.15) is 11.5 Å². The number of benzene rings is 2. The molecule has 2 saturated heterocycles. The highest BCUT2D eigenvalue weighted by atomic mass is 16.7. The maximum absolute atomic E-state index is 6.63. The van der Waals surface area contributed by atoms with Gasteiger partial charge in [-0.3, -0.25) is 0 Å². The van der Waals surface area contributed by atoms with Gasteiger partial charge in [0, 0.05) is 11.1 Å². The van der Waals surface area contributed by atoms with Crippen LogP contribution in [0, 0.1) is 0 Å². The lowest BCUT2D eigenvalue weighted by Crippen LogP contribution is -2.41. The van der Waals surface area contributed by atoms with Gasteiger partial charge in [0.05, 0.1) is 36.6 Å². The lowest BCUT2D eigenvalue weighted by molar-refractivity contribution is 0.00578. The maximum Gasteiger partial charge on any atom is 0.495 e. The molecule has 2 aliphatic heterocycles. The minimum Gasteiger partial charge on any atom is -0.496 e. The van der Waals surface area contributed by atoms with E-state index in [2.05, 4.69) is 0 Å². The van der Waals surface area contributed by atoms with Crippen LogP contribution in [0.2, 0.25) is 0 Å². The van der Waals surface area contributed by atoms with Crippen LogP contribution in [0.15, 0.2) is 48.5 Å². The van der Waals surface area contributed by atoms with Crippen LogP contribution in [-0.2, 0) is 18.6 Å². The van der Waals surface area contributed by atoms with E-state index in [0.717, 1.165) is 22.1 Å². The van der Waals surface area contributed by atoms with E-state index in [0.29, 0.717) is 11.5 Å². The summed E-state index contributed by atoms with van der Waals surface area (Å²) >= 11 is 0. The van der Waals surface area contributed by atoms with E-state index in [1.807, 2.05) is 104 Å². The average molecular weight is 492 g/mol. The van der Waals surface area contributed by atoms with Gasteiger partial charge in [-0.2, -0.15) is 0 Å². The van der Waals surface area contributed by atoms with Crippen LogP contribution in [0.4, 0.5) is 0 Å². The molecule has 0 aliphatic carbocycles. The van der Waals surface area contributed by atoms with Gasteiger partial charge >= 0.3 is 14.2 Å². The molecule has 192 valence electrons. The molecule has 0 aromatic heterocycles. The molecule has 0 amide bonds. The number of rotatable bonds is 6. The Morgan fingerprint density at radius 3 is 1.08 bits per heavy atom. The molecular formula is C28H38B2O6. The van der Waals surface area contributed by atoms with E-state index in [9.17, 15) is 0 Å². The van der Waals surface area contributed by atoms with E-state index >= 15 is 0 Å². The summed E-state index contributed by atoms with van der Waals surface area (Å²) in [5.41, 5.74) is 1.06. The Balaban J connectivity index is 2.07. The zero-order valence-electron chi connectivity index (χ0n) is 23.2. The zero-order valence-corrected chi connectivity index (χ0v) is 23.2. The fraction of sp³-hybridized carbons (Fsp3) is 0.500. The Bertz CT molecular complexity index is 1030. The van der Waals surface area contributed by atoms with Crippen molar-refractivity contribution in [2.24, 2.45) is 0 Å². The van der Waals surface area contributed by atoms with Crippen LogP contribution in [0.5, 0.6) is 11.5 Å². The predicted octanol–water partition coefficient (Wildman–Crippen LogP) is 5.88. The quantitative estimate of drug-likeness (QED) is 0.371. The second-order valence-corrected chi connectivity index (χ2v) is 11.4.